The maximum atomic E-state index is 12.4. The SMILES string of the molecule is CNc1ccc(C(=O)N(C)c2cccnc2)cc1[N+](=O)[O-]. The molecule has 1 heterocycles. The number of nitrogens with one attached hydrogen (secondary N) is 1. The number of nitro benzene ring substituents is 1. The first-order valence-electron chi connectivity index (χ1n) is 6.19. The Morgan fingerprint density at radius 3 is 2.71 bits per heavy atom. The molecule has 0 radical (unpaired) electrons. The molecule has 21 heavy (non-hydrogen) atoms. The van der Waals surface area contributed by atoms with Crippen LogP contribution in [0.3, 0.4) is 0 Å². The summed E-state index contributed by atoms with van der Waals surface area (Å²) in [5, 5.41) is 13.8. The molecule has 1 amide bonds. The molecule has 0 bridgehead atoms. The van der Waals surface area contributed by atoms with Crippen molar-refractivity contribution in [3.8, 4) is 0 Å². The minimum absolute atomic E-state index is 0.136. The number of carbonyl (C=O) groups excluding carboxylic acids is 1. The van der Waals surface area contributed by atoms with Crippen molar-refractivity contribution in [1.29, 1.82) is 0 Å². The molecule has 0 fully saturated rings. The number of carbonyl (C=O) groups is 1. The minimum Gasteiger partial charge on any atom is -0.383 e. The van der Waals surface area contributed by atoms with Crippen LogP contribution >= 0.6 is 0 Å². The van der Waals surface area contributed by atoms with Gasteiger partial charge in [0.25, 0.3) is 11.6 Å². The van der Waals surface area contributed by atoms with Gasteiger partial charge in [-0.2, -0.15) is 0 Å². The van der Waals surface area contributed by atoms with Crippen LogP contribution in [0.4, 0.5) is 17.1 Å². The lowest BCUT2D eigenvalue weighted by atomic mass is 10.1. The molecule has 0 spiro atoms. The smallest absolute Gasteiger partial charge is 0.293 e. The van der Waals surface area contributed by atoms with Gasteiger partial charge in [0.1, 0.15) is 5.69 Å². The maximum absolute atomic E-state index is 12.4. The quantitative estimate of drug-likeness (QED) is 0.688. The first-order valence-corrected chi connectivity index (χ1v) is 6.19. The van der Waals surface area contributed by atoms with Crippen molar-refractivity contribution in [3.05, 3.63) is 58.4 Å². The van der Waals surface area contributed by atoms with Gasteiger partial charge in [0, 0.05) is 31.9 Å². The summed E-state index contributed by atoms with van der Waals surface area (Å²) in [6, 6.07) is 7.78. The zero-order valence-electron chi connectivity index (χ0n) is 11.6. The second-order valence-corrected chi connectivity index (χ2v) is 4.31. The molecule has 1 aromatic carbocycles. The number of nitro groups is 1. The predicted octanol–water partition coefficient (Wildman–Crippen LogP) is 2.31. The van der Waals surface area contributed by atoms with Gasteiger partial charge in [0.05, 0.1) is 16.8 Å². The predicted molar refractivity (Wildman–Crippen MR) is 79.6 cm³/mol. The number of hydrogen-bond acceptors (Lipinski definition) is 5. The van der Waals surface area contributed by atoms with Crippen molar-refractivity contribution in [2.45, 2.75) is 0 Å². The van der Waals surface area contributed by atoms with E-state index in [1.165, 1.54) is 17.0 Å². The summed E-state index contributed by atoms with van der Waals surface area (Å²) in [7, 11) is 3.18. The molecule has 1 aromatic heterocycles. The van der Waals surface area contributed by atoms with Crippen LogP contribution in [-0.2, 0) is 0 Å². The summed E-state index contributed by atoms with van der Waals surface area (Å²) in [5.41, 5.74) is 1.08. The lowest BCUT2D eigenvalue weighted by Crippen LogP contribution is -2.26. The second kappa shape index (κ2) is 6.00. The number of benzene rings is 1. The van der Waals surface area contributed by atoms with Crippen LogP contribution in [0.5, 0.6) is 0 Å². The lowest BCUT2D eigenvalue weighted by molar-refractivity contribution is -0.384. The molecule has 2 rings (SSSR count). The van der Waals surface area contributed by atoms with Gasteiger partial charge < -0.3 is 10.2 Å². The Morgan fingerprint density at radius 2 is 2.14 bits per heavy atom. The van der Waals surface area contributed by atoms with E-state index in [4.69, 9.17) is 0 Å². The number of anilines is 2. The third-order valence-corrected chi connectivity index (χ3v) is 3.05. The Bertz CT molecular complexity index is 673. The molecule has 0 atom stereocenters. The molecule has 0 unspecified atom stereocenters. The fourth-order valence-corrected chi connectivity index (χ4v) is 1.89. The van der Waals surface area contributed by atoms with E-state index < -0.39 is 4.92 Å². The summed E-state index contributed by atoms with van der Waals surface area (Å²) < 4.78 is 0. The Hall–Kier alpha value is -2.96. The summed E-state index contributed by atoms with van der Waals surface area (Å²) >= 11 is 0. The zero-order valence-corrected chi connectivity index (χ0v) is 11.6. The van der Waals surface area contributed by atoms with Gasteiger partial charge in [-0.25, -0.2) is 0 Å². The highest BCUT2D eigenvalue weighted by Gasteiger charge is 2.19. The maximum Gasteiger partial charge on any atom is 0.293 e. The van der Waals surface area contributed by atoms with Gasteiger partial charge in [0.15, 0.2) is 0 Å². The average Bonchev–Trinajstić information content (AvgIpc) is 2.53. The van der Waals surface area contributed by atoms with E-state index >= 15 is 0 Å². The van der Waals surface area contributed by atoms with Crippen LogP contribution in [0.15, 0.2) is 42.7 Å². The minimum atomic E-state index is -0.521. The Labute approximate surface area is 121 Å². The fraction of sp³-hybridized carbons (Fsp3) is 0.143. The van der Waals surface area contributed by atoms with E-state index in [0.29, 0.717) is 11.4 Å². The van der Waals surface area contributed by atoms with Gasteiger partial charge in [-0.3, -0.25) is 19.9 Å². The summed E-state index contributed by atoms with van der Waals surface area (Å²) in [4.78, 5) is 28.2. The molecule has 0 saturated carbocycles. The van der Waals surface area contributed by atoms with Gasteiger partial charge in [-0.1, -0.05) is 0 Å². The van der Waals surface area contributed by atoms with E-state index in [1.54, 1.807) is 44.7 Å². The molecule has 2 aromatic rings. The number of aromatic nitrogens is 1. The summed E-state index contributed by atoms with van der Waals surface area (Å²) in [6.45, 7) is 0. The topological polar surface area (TPSA) is 88.4 Å². The number of amides is 1. The van der Waals surface area contributed by atoms with Crippen LogP contribution in [0, 0.1) is 10.1 Å². The molecule has 0 aliphatic carbocycles. The second-order valence-electron chi connectivity index (χ2n) is 4.31. The molecule has 7 heteroatoms. The Kier molecular flexibility index (Phi) is 4.13. The largest absolute Gasteiger partial charge is 0.383 e. The van der Waals surface area contributed by atoms with Crippen molar-refractivity contribution in [1.82, 2.24) is 4.98 Å². The number of pyridine rings is 1. The highest BCUT2D eigenvalue weighted by molar-refractivity contribution is 6.06. The fourth-order valence-electron chi connectivity index (χ4n) is 1.89. The molecule has 0 saturated heterocycles. The van der Waals surface area contributed by atoms with E-state index in [1.807, 2.05) is 0 Å². The normalized spacial score (nSPS) is 10.0. The standard InChI is InChI=1S/C14H14N4O3/c1-15-12-6-5-10(8-13(12)18(20)21)14(19)17(2)11-4-3-7-16-9-11/h3-9,15H,1-2H3. The van der Waals surface area contributed by atoms with Gasteiger partial charge >= 0.3 is 0 Å². The molecular weight excluding hydrogens is 272 g/mol. The van der Waals surface area contributed by atoms with Crippen molar-refractivity contribution in [3.63, 3.8) is 0 Å². The number of rotatable bonds is 4. The van der Waals surface area contributed by atoms with Gasteiger partial charge in [-0.05, 0) is 24.3 Å². The number of nitrogens with zero attached hydrogens (tertiary/aromatic N) is 3. The van der Waals surface area contributed by atoms with Crippen LogP contribution < -0.4 is 10.2 Å². The van der Waals surface area contributed by atoms with Crippen molar-refractivity contribution in [2.75, 3.05) is 24.3 Å². The van der Waals surface area contributed by atoms with E-state index in [2.05, 4.69) is 10.3 Å². The third-order valence-electron chi connectivity index (χ3n) is 3.05. The van der Waals surface area contributed by atoms with Crippen molar-refractivity contribution < 1.29 is 9.72 Å². The Morgan fingerprint density at radius 1 is 1.38 bits per heavy atom. The van der Waals surface area contributed by atoms with Gasteiger partial charge in [0.2, 0.25) is 0 Å². The van der Waals surface area contributed by atoms with Crippen LogP contribution in [0.2, 0.25) is 0 Å². The third kappa shape index (κ3) is 2.97. The Balaban J connectivity index is 2.36. The first-order chi connectivity index (χ1) is 10.0. The van der Waals surface area contributed by atoms with Crippen molar-refractivity contribution in [2.24, 2.45) is 0 Å². The monoisotopic (exact) mass is 286 g/mol. The highest BCUT2D eigenvalue weighted by atomic mass is 16.6. The summed E-state index contributed by atoms with van der Waals surface area (Å²) in [6.07, 6.45) is 3.16. The van der Waals surface area contributed by atoms with Crippen molar-refractivity contribution >= 4 is 23.0 Å². The van der Waals surface area contributed by atoms with Crippen LogP contribution in [0.1, 0.15) is 10.4 Å². The van der Waals surface area contributed by atoms with Gasteiger partial charge in [-0.15, -0.1) is 0 Å². The molecule has 0 aliphatic heterocycles. The molecule has 0 aliphatic rings. The molecular formula is C14H14N4O3. The molecule has 1 N–H and O–H groups in total. The first kappa shape index (κ1) is 14.4. The van der Waals surface area contributed by atoms with E-state index in [-0.39, 0.29) is 17.2 Å². The van der Waals surface area contributed by atoms with E-state index in [0.717, 1.165) is 0 Å². The molecule has 108 valence electrons. The van der Waals surface area contributed by atoms with E-state index in [9.17, 15) is 14.9 Å². The average molecular weight is 286 g/mol. The zero-order chi connectivity index (χ0) is 15.4. The van der Waals surface area contributed by atoms with Crippen LogP contribution in [0.25, 0.3) is 0 Å². The van der Waals surface area contributed by atoms with Crippen LogP contribution in [-0.4, -0.2) is 29.9 Å². The highest BCUT2D eigenvalue weighted by Crippen LogP contribution is 2.26. The molecule has 7 nitrogen and oxygen atoms in total. The number of hydrogen-bond donors (Lipinski definition) is 1. The lowest BCUT2D eigenvalue weighted by Gasteiger charge is -2.17. The summed E-state index contributed by atoms with van der Waals surface area (Å²) in [5.74, 6) is -0.339.